The first-order chi connectivity index (χ1) is 8.86. The van der Waals surface area contributed by atoms with Crippen LogP contribution in [0.25, 0.3) is 0 Å². The van der Waals surface area contributed by atoms with Crippen molar-refractivity contribution in [3.63, 3.8) is 0 Å². The summed E-state index contributed by atoms with van der Waals surface area (Å²) in [4.78, 5) is 0. The van der Waals surface area contributed by atoms with Gasteiger partial charge < -0.3 is 15.4 Å². The summed E-state index contributed by atoms with van der Waals surface area (Å²) < 4.78 is 5.13. The molecule has 0 aromatic carbocycles. The van der Waals surface area contributed by atoms with Gasteiger partial charge in [0.2, 0.25) is 0 Å². The predicted octanol–water partition coefficient (Wildman–Crippen LogP) is 1.92. The van der Waals surface area contributed by atoms with Crippen LogP contribution in [0.4, 0.5) is 0 Å². The third-order valence-corrected chi connectivity index (χ3v) is 3.11. The number of hydrogen-bond donors (Lipinski definition) is 2. The Morgan fingerprint density at radius 1 is 1.06 bits per heavy atom. The zero-order chi connectivity index (χ0) is 13.6. The second-order valence-corrected chi connectivity index (χ2v) is 4.36. The third-order valence-electron chi connectivity index (χ3n) is 3.11. The van der Waals surface area contributed by atoms with E-state index in [1.54, 1.807) is 7.11 Å². The Morgan fingerprint density at radius 3 is 2.06 bits per heavy atom. The van der Waals surface area contributed by atoms with Crippen LogP contribution in [0, 0.1) is 17.2 Å². The molecule has 18 heavy (non-hydrogen) atoms. The fourth-order valence-corrected chi connectivity index (χ4v) is 1.97. The number of methoxy groups -OCH3 is 1. The SMILES string of the molecule is CC.COC1CCCNC1.N#CC1CCNCC1. The van der Waals surface area contributed by atoms with Crippen LogP contribution in [0.1, 0.15) is 39.5 Å². The summed E-state index contributed by atoms with van der Waals surface area (Å²) in [6.07, 6.45) is 5.04. The second kappa shape index (κ2) is 12.8. The van der Waals surface area contributed by atoms with E-state index in [4.69, 9.17) is 10.00 Å². The quantitative estimate of drug-likeness (QED) is 0.751. The van der Waals surface area contributed by atoms with Crippen molar-refractivity contribution in [3.05, 3.63) is 0 Å². The molecule has 0 radical (unpaired) electrons. The van der Waals surface area contributed by atoms with E-state index in [-0.39, 0.29) is 0 Å². The highest BCUT2D eigenvalue weighted by Crippen LogP contribution is 2.08. The van der Waals surface area contributed by atoms with Crippen molar-refractivity contribution < 1.29 is 4.74 Å². The maximum absolute atomic E-state index is 8.41. The Bertz CT molecular complexity index is 204. The van der Waals surface area contributed by atoms with Crippen LogP contribution in [0.3, 0.4) is 0 Å². The molecule has 2 N–H and O–H groups in total. The molecule has 0 aromatic heterocycles. The molecule has 0 bridgehead atoms. The number of rotatable bonds is 1. The maximum atomic E-state index is 8.41. The van der Waals surface area contributed by atoms with Gasteiger partial charge in [-0.2, -0.15) is 5.26 Å². The largest absolute Gasteiger partial charge is 0.380 e. The monoisotopic (exact) mass is 255 g/mol. The van der Waals surface area contributed by atoms with Gasteiger partial charge in [0.25, 0.3) is 0 Å². The van der Waals surface area contributed by atoms with Gasteiger partial charge in [0.15, 0.2) is 0 Å². The summed E-state index contributed by atoms with van der Waals surface area (Å²) >= 11 is 0. The first-order valence-corrected chi connectivity index (χ1v) is 7.20. The van der Waals surface area contributed by atoms with Crippen molar-refractivity contribution in [2.24, 2.45) is 5.92 Å². The van der Waals surface area contributed by atoms with E-state index in [9.17, 15) is 0 Å². The van der Waals surface area contributed by atoms with E-state index < -0.39 is 0 Å². The Morgan fingerprint density at radius 2 is 1.72 bits per heavy atom. The van der Waals surface area contributed by atoms with Crippen LogP contribution in [-0.4, -0.2) is 39.4 Å². The Kier molecular flexibility index (Phi) is 12.4. The number of ether oxygens (including phenoxy) is 1. The molecule has 2 saturated heterocycles. The minimum absolute atomic E-state index is 0.330. The first kappa shape index (κ1) is 17.4. The first-order valence-electron chi connectivity index (χ1n) is 7.20. The lowest BCUT2D eigenvalue weighted by Gasteiger charge is -2.20. The van der Waals surface area contributed by atoms with Crippen LogP contribution in [0.15, 0.2) is 0 Å². The Balaban J connectivity index is 0.000000283. The average Bonchev–Trinajstić information content (AvgIpc) is 2.51. The molecule has 2 heterocycles. The fraction of sp³-hybridized carbons (Fsp3) is 0.929. The molecule has 2 aliphatic heterocycles. The molecule has 1 unspecified atom stereocenters. The molecule has 2 aliphatic rings. The second-order valence-electron chi connectivity index (χ2n) is 4.36. The molecule has 0 spiro atoms. The van der Waals surface area contributed by atoms with Gasteiger partial charge in [-0.25, -0.2) is 0 Å². The summed E-state index contributed by atoms with van der Waals surface area (Å²) in [5.41, 5.74) is 0. The van der Waals surface area contributed by atoms with Gasteiger partial charge in [0.1, 0.15) is 0 Å². The van der Waals surface area contributed by atoms with Crippen LogP contribution in [0.5, 0.6) is 0 Å². The number of piperidine rings is 2. The maximum Gasteiger partial charge on any atom is 0.0696 e. The molecule has 0 aromatic rings. The molecule has 0 saturated carbocycles. The van der Waals surface area contributed by atoms with E-state index in [1.807, 2.05) is 13.8 Å². The zero-order valence-electron chi connectivity index (χ0n) is 12.2. The van der Waals surface area contributed by atoms with Gasteiger partial charge in [-0.3, -0.25) is 0 Å². The van der Waals surface area contributed by atoms with Crippen LogP contribution >= 0.6 is 0 Å². The highest BCUT2D eigenvalue weighted by atomic mass is 16.5. The summed E-state index contributed by atoms with van der Waals surface area (Å²) in [6.45, 7) is 8.26. The topological polar surface area (TPSA) is 57.1 Å². The smallest absolute Gasteiger partial charge is 0.0696 e. The molecule has 0 amide bonds. The number of hydrogen-bond acceptors (Lipinski definition) is 4. The molecular weight excluding hydrogens is 226 g/mol. The highest BCUT2D eigenvalue weighted by Gasteiger charge is 2.10. The lowest BCUT2D eigenvalue weighted by Crippen LogP contribution is -2.34. The van der Waals surface area contributed by atoms with E-state index in [1.165, 1.54) is 19.4 Å². The van der Waals surface area contributed by atoms with Crippen LogP contribution in [0.2, 0.25) is 0 Å². The molecule has 2 rings (SSSR count). The van der Waals surface area contributed by atoms with E-state index in [0.29, 0.717) is 12.0 Å². The summed E-state index contributed by atoms with van der Waals surface area (Å²) in [7, 11) is 1.78. The van der Waals surface area contributed by atoms with Crippen molar-refractivity contribution in [1.82, 2.24) is 10.6 Å². The lowest BCUT2D eigenvalue weighted by atomic mass is 10.0. The number of nitrogens with zero attached hydrogens (tertiary/aromatic N) is 1. The molecular formula is C14H29N3O. The van der Waals surface area contributed by atoms with Gasteiger partial charge >= 0.3 is 0 Å². The van der Waals surface area contributed by atoms with Crippen molar-refractivity contribution in [2.45, 2.75) is 45.6 Å². The summed E-state index contributed by atoms with van der Waals surface area (Å²) in [6, 6.07) is 2.26. The molecule has 4 heteroatoms. The predicted molar refractivity (Wildman–Crippen MR) is 75.5 cm³/mol. The Hall–Kier alpha value is -0.630. The van der Waals surface area contributed by atoms with Crippen LogP contribution < -0.4 is 10.6 Å². The molecule has 4 nitrogen and oxygen atoms in total. The van der Waals surface area contributed by atoms with E-state index in [2.05, 4.69) is 16.7 Å². The Labute approximate surface area is 112 Å². The van der Waals surface area contributed by atoms with Gasteiger partial charge in [0, 0.05) is 19.6 Å². The minimum atomic E-state index is 0.330. The molecule has 1 atom stereocenters. The van der Waals surface area contributed by atoms with Gasteiger partial charge in [0.05, 0.1) is 12.2 Å². The van der Waals surface area contributed by atoms with Crippen molar-refractivity contribution in [2.75, 3.05) is 33.3 Å². The standard InChI is InChI=1S/C6H10N2.C6H13NO.C2H6/c7-5-6-1-3-8-4-2-6;1-8-6-3-2-4-7-5-6;1-2/h6,8H,1-4H2;6-7H,2-5H2,1H3;1-2H3. The van der Waals surface area contributed by atoms with Gasteiger partial charge in [-0.1, -0.05) is 13.8 Å². The zero-order valence-corrected chi connectivity index (χ0v) is 12.2. The molecule has 106 valence electrons. The van der Waals surface area contributed by atoms with E-state index >= 15 is 0 Å². The normalized spacial score (nSPS) is 23.8. The minimum Gasteiger partial charge on any atom is -0.380 e. The lowest BCUT2D eigenvalue weighted by molar-refractivity contribution is 0.0810. The molecule has 2 fully saturated rings. The number of nitriles is 1. The van der Waals surface area contributed by atoms with E-state index in [0.717, 1.165) is 32.5 Å². The summed E-state index contributed by atoms with van der Waals surface area (Å²) in [5.74, 6) is 0.330. The summed E-state index contributed by atoms with van der Waals surface area (Å²) in [5, 5.41) is 14.9. The molecule has 0 aliphatic carbocycles. The third kappa shape index (κ3) is 8.46. The van der Waals surface area contributed by atoms with Crippen LogP contribution in [-0.2, 0) is 4.74 Å². The number of nitrogens with one attached hydrogen (secondary N) is 2. The van der Waals surface area contributed by atoms with Gasteiger partial charge in [-0.05, 0) is 45.3 Å². The highest BCUT2D eigenvalue weighted by molar-refractivity contribution is 4.85. The van der Waals surface area contributed by atoms with Gasteiger partial charge in [-0.15, -0.1) is 0 Å². The fourth-order valence-electron chi connectivity index (χ4n) is 1.97. The van der Waals surface area contributed by atoms with Crippen molar-refractivity contribution in [1.29, 1.82) is 5.26 Å². The van der Waals surface area contributed by atoms with Crippen molar-refractivity contribution >= 4 is 0 Å². The van der Waals surface area contributed by atoms with Crippen molar-refractivity contribution in [3.8, 4) is 6.07 Å². The average molecular weight is 255 g/mol.